The standard InChI is InChI=1S/C40H60O2/c1-4-6-8-10-12-14-32-15-17-33(18-16-32)34-19-21-35(22-20-34)36-23-25-37(26-24-36)38-27-30-40(31-28-38,39(41)42-3)29-13-11-9-7-5-2/h19-26,32-33,38H,4-18,27-31H2,1-3H3/t32-,33-,38?,40?. The highest BCUT2D eigenvalue weighted by atomic mass is 16.5. The number of carbonyl (C=O) groups is 1. The molecule has 0 aliphatic heterocycles. The van der Waals surface area contributed by atoms with Crippen LogP contribution in [0, 0.1) is 11.3 Å². The Morgan fingerprint density at radius 1 is 0.643 bits per heavy atom. The van der Waals surface area contributed by atoms with E-state index in [1.807, 2.05) is 0 Å². The lowest BCUT2D eigenvalue weighted by Gasteiger charge is -2.38. The van der Waals surface area contributed by atoms with Gasteiger partial charge in [0.05, 0.1) is 12.5 Å². The van der Waals surface area contributed by atoms with Crippen LogP contribution in [0.1, 0.15) is 165 Å². The normalized spacial score (nSPS) is 24.4. The van der Waals surface area contributed by atoms with Crippen molar-refractivity contribution < 1.29 is 9.53 Å². The smallest absolute Gasteiger partial charge is 0.311 e. The van der Waals surface area contributed by atoms with Crippen LogP contribution in [0.15, 0.2) is 48.5 Å². The van der Waals surface area contributed by atoms with Crippen LogP contribution in [0.4, 0.5) is 0 Å². The second-order valence-corrected chi connectivity index (χ2v) is 13.9. The molecule has 0 aromatic heterocycles. The Morgan fingerprint density at radius 2 is 1.12 bits per heavy atom. The molecule has 232 valence electrons. The molecule has 2 heteroatoms. The fourth-order valence-corrected chi connectivity index (χ4v) is 8.06. The molecule has 42 heavy (non-hydrogen) atoms. The van der Waals surface area contributed by atoms with Gasteiger partial charge in [-0.2, -0.15) is 0 Å². The van der Waals surface area contributed by atoms with E-state index < -0.39 is 0 Å². The summed E-state index contributed by atoms with van der Waals surface area (Å²) in [5.74, 6) is 2.29. The number of ether oxygens (including phenoxy) is 1. The van der Waals surface area contributed by atoms with Gasteiger partial charge in [0.25, 0.3) is 0 Å². The van der Waals surface area contributed by atoms with Crippen molar-refractivity contribution >= 4 is 5.97 Å². The topological polar surface area (TPSA) is 26.3 Å². The number of hydrogen-bond acceptors (Lipinski definition) is 2. The third-order valence-electron chi connectivity index (χ3n) is 11.0. The van der Waals surface area contributed by atoms with Crippen LogP contribution in [0.5, 0.6) is 0 Å². The molecule has 2 fully saturated rings. The molecule has 0 amide bonds. The Balaban J connectivity index is 1.25. The van der Waals surface area contributed by atoms with E-state index in [0.29, 0.717) is 5.92 Å². The van der Waals surface area contributed by atoms with Gasteiger partial charge in [0.2, 0.25) is 0 Å². The summed E-state index contributed by atoms with van der Waals surface area (Å²) < 4.78 is 5.31. The summed E-state index contributed by atoms with van der Waals surface area (Å²) in [6.45, 7) is 4.55. The van der Waals surface area contributed by atoms with Crippen LogP contribution >= 0.6 is 0 Å². The third-order valence-corrected chi connectivity index (χ3v) is 11.0. The first-order chi connectivity index (χ1) is 20.6. The second-order valence-electron chi connectivity index (χ2n) is 13.9. The van der Waals surface area contributed by atoms with Gasteiger partial charge < -0.3 is 4.74 Å². The van der Waals surface area contributed by atoms with Crippen molar-refractivity contribution in [2.45, 2.75) is 154 Å². The maximum absolute atomic E-state index is 12.8. The molecule has 0 heterocycles. The quantitative estimate of drug-likeness (QED) is 0.148. The van der Waals surface area contributed by atoms with E-state index in [0.717, 1.165) is 50.4 Å². The molecule has 0 radical (unpaired) electrons. The van der Waals surface area contributed by atoms with Crippen LogP contribution in [-0.2, 0) is 9.53 Å². The van der Waals surface area contributed by atoms with Gasteiger partial charge in [-0.05, 0) is 97.8 Å². The fraction of sp³-hybridized carbons (Fsp3) is 0.675. The molecule has 4 rings (SSSR count). The number of carbonyl (C=O) groups excluding carboxylic acids is 1. The van der Waals surface area contributed by atoms with E-state index in [2.05, 4.69) is 62.4 Å². The van der Waals surface area contributed by atoms with Crippen molar-refractivity contribution in [2.75, 3.05) is 7.11 Å². The lowest BCUT2D eigenvalue weighted by atomic mass is 9.66. The SMILES string of the molecule is CCCCCCCC1(C(=O)OC)CCC(c2ccc(-c3ccc([C@H]4CC[C@H](CCCCCCC)CC4)cc3)cc2)CC1. The van der Waals surface area contributed by atoms with Gasteiger partial charge in [0.15, 0.2) is 0 Å². The summed E-state index contributed by atoms with van der Waals surface area (Å²) in [5.41, 5.74) is 5.34. The van der Waals surface area contributed by atoms with Crippen LogP contribution in [0.2, 0.25) is 0 Å². The van der Waals surface area contributed by atoms with Crippen LogP contribution < -0.4 is 0 Å². The highest BCUT2D eigenvalue weighted by Gasteiger charge is 2.42. The van der Waals surface area contributed by atoms with Gasteiger partial charge in [-0.1, -0.05) is 133 Å². The van der Waals surface area contributed by atoms with E-state index in [-0.39, 0.29) is 11.4 Å². The zero-order valence-electron chi connectivity index (χ0n) is 27.3. The molecule has 2 aromatic carbocycles. The van der Waals surface area contributed by atoms with Gasteiger partial charge in [-0.3, -0.25) is 4.79 Å². The Bertz CT molecular complexity index is 1020. The predicted octanol–water partition coefficient (Wildman–Crippen LogP) is 12.2. The first-order valence-corrected chi connectivity index (χ1v) is 17.9. The minimum Gasteiger partial charge on any atom is -0.469 e. The number of methoxy groups -OCH3 is 1. The zero-order valence-corrected chi connectivity index (χ0v) is 27.3. The summed E-state index contributed by atoms with van der Waals surface area (Å²) in [7, 11) is 1.57. The number of rotatable bonds is 16. The Labute approximate surface area is 258 Å². The molecular weight excluding hydrogens is 512 g/mol. The van der Waals surface area contributed by atoms with Crippen molar-refractivity contribution in [3.8, 4) is 11.1 Å². The molecule has 0 unspecified atom stereocenters. The molecule has 2 aliphatic carbocycles. The van der Waals surface area contributed by atoms with E-state index in [9.17, 15) is 4.79 Å². The van der Waals surface area contributed by atoms with Crippen molar-refractivity contribution in [3.63, 3.8) is 0 Å². The summed E-state index contributed by atoms with van der Waals surface area (Å²) in [6.07, 6.45) is 25.4. The lowest BCUT2D eigenvalue weighted by molar-refractivity contribution is -0.155. The molecule has 0 spiro atoms. The van der Waals surface area contributed by atoms with Crippen LogP contribution in [0.25, 0.3) is 11.1 Å². The van der Waals surface area contributed by atoms with Gasteiger partial charge in [0, 0.05) is 0 Å². The van der Waals surface area contributed by atoms with Gasteiger partial charge in [0.1, 0.15) is 0 Å². The van der Waals surface area contributed by atoms with Crippen LogP contribution in [0.3, 0.4) is 0 Å². The molecular formula is C40H60O2. The molecule has 2 saturated carbocycles. The number of hydrogen-bond donors (Lipinski definition) is 0. The average Bonchev–Trinajstić information content (AvgIpc) is 3.05. The lowest BCUT2D eigenvalue weighted by Crippen LogP contribution is -2.36. The van der Waals surface area contributed by atoms with Crippen molar-refractivity contribution in [1.82, 2.24) is 0 Å². The van der Waals surface area contributed by atoms with Crippen molar-refractivity contribution in [3.05, 3.63) is 59.7 Å². The molecule has 0 saturated heterocycles. The molecule has 2 aromatic rings. The average molecular weight is 573 g/mol. The fourth-order valence-electron chi connectivity index (χ4n) is 8.06. The maximum Gasteiger partial charge on any atom is 0.311 e. The maximum atomic E-state index is 12.8. The third kappa shape index (κ3) is 9.20. The number of unbranched alkanes of at least 4 members (excludes halogenated alkanes) is 8. The number of esters is 1. The van der Waals surface area contributed by atoms with Gasteiger partial charge in [-0.25, -0.2) is 0 Å². The van der Waals surface area contributed by atoms with Gasteiger partial charge >= 0.3 is 5.97 Å². The predicted molar refractivity (Wildman–Crippen MR) is 179 cm³/mol. The summed E-state index contributed by atoms with van der Waals surface area (Å²) in [4.78, 5) is 12.8. The van der Waals surface area contributed by atoms with Gasteiger partial charge in [-0.15, -0.1) is 0 Å². The summed E-state index contributed by atoms with van der Waals surface area (Å²) >= 11 is 0. The van der Waals surface area contributed by atoms with E-state index in [1.165, 1.54) is 107 Å². The van der Waals surface area contributed by atoms with Crippen molar-refractivity contribution in [1.29, 1.82) is 0 Å². The second kappa shape index (κ2) is 17.3. The molecule has 0 atom stereocenters. The van der Waals surface area contributed by atoms with E-state index in [1.54, 1.807) is 12.7 Å². The monoisotopic (exact) mass is 572 g/mol. The highest BCUT2D eigenvalue weighted by molar-refractivity contribution is 5.77. The summed E-state index contributed by atoms with van der Waals surface area (Å²) in [6, 6.07) is 18.8. The Kier molecular flexibility index (Phi) is 13.5. The Morgan fingerprint density at radius 3 is 1.62 bits per heavy atom. The largest absolute Gasteiger partial charge is 0.469 e. The molecule has 0 N–H and O–H groups in total. The highest BCUT2D eigenvalue weighted by Crippen LogP contribution is 2.47. The van der Waals surface area contributed by atoms with Crippen molar-refractivity contribution in [2.24, 2.45) is 11.3 Å². The minimum absolute atomic E-state index is 0.0288. The van der Waals surface area contributed by atoms with Crippen LogP contribution in [-0.4, -0.2) is 13.1 Å². The first-order valence-electron chi connectivity index (χ1n) is 17.9. The Hall–Kier alpha value is -2.09. The first kappa shape index (κ1) is 32.8. The number of benzene rings is 2. The van der Waals surface area contributed by atoms with E-state index in [4.69, 9.17) is 4.74 Å². The molecule has 2 nitrogen and oxygen atoms in total. The molecule has 2 aliphatic rings. The van der Waals surface area contributed by atoms with E-state index >= 15 is 0 Å². The molecule has 0 bridgehead atoms. The zero-order chi connectivity index (χ0) is 29.6. The summed E-state index contributed by atoms with van der Waals surface area (Å²) in [5, 5.41) is 0. The minimum atomic E-state index is -0.257.